The lowest BCUT2D eigenvalue weighted by atomic mass is 10.2. The molecule has 3 N–H and O–H groups in total. The van der Waals surface area contributed by atoms with Crippen molar-refractivity contribution >= 4 is 36.3 Å². The normalized spacial score (nSPS) is 9.70. The summed E-state index contributed by atoms with van der Waals surface area (Å²) in [6.07, 6.45) is 4.04. The number of aldehydes is 1. The van der Waals surface area contributed by atoms with Gasteiger partial charge in [0.05, 0.1) is 12.8 Å². The fourth-order valence-electron chi connectivity index (χ4n) is 2.17. The van der Waals surface area contributed by atoms with E-state index in [0.29, 0.717) is 23.0 Å². The van der Waals surface area contributed by atoms with E-state index in [9.17, 15) is 4.79 Å². The zero-order valence-electron chi connectivity index (χ0n) is 15.2. The summed E-state index contributed by atoms with van der Waals surface area (Å²) in [6.45, 7) is 3.67. The number of aliphatic imine (C=N–C) groups is 1. The number of nitrogens with one attached hydrogen (secondary N) is 1. The number of furan rings is 1. The molecule has 0 spiro atoms. The van der Waals surface area contributed by atoms with E-state index in [2.05, 4.69) is 32.0 Å². The third kappa shape index (κ3) is 5.11. The van der Waals surface area contributed by atoms with Gasteiger partial charge in [-0.15, -0.1) is 0 Å². The summed E-state index contributed by atoms with van der Waals surface area (Å²) in [5, 5.41) is 2.92. The van der Waals surface area contributed by atoms with Gasteiger partial charge in [-0.25, -0.2) is 9.97 Å². The lowest BCUT2D eigenvalue weighted by Crippen LogP contribution is -2.21. The lowest BCUT2D eigenvalue weighted by molar-refractivity contribution is -0.106. The first-order valence-electron chi connectivity index (χ1n) is 8.02. The van der Waals surface area contributed by atoms with Crippen LogP contribution < -0.4 is 16.0 Å². The van der Waals surface area contributed by atoms with E-state index in [4.69, 9.17) is 10.2 Å². The van der Waals surface area contributed by atoms with Crippen molar-refractivity contribution < 1.29 is 9.21 Å². The first-order valence-corrected chi connectivity index (χ1v) is 8.02. The molecule has 0 amide bonds. The van der Waals surface area contributed by atoms with E-state index in [1.807, 2.05) is 25.2 Å². The minimum absolute atomic E-state index is 0.0755. The van der Waals surface area contributed by atoms with Crippen molar-refractivity contribution in [1.29, 1.82) is 0 Å². The number of nitrogen functional groups attached to an aromatic ring is 1. The van der Waals surface area contributed by atoms with E-state index in [-0.39, 0.29) is 12.5 Å². The maximum absolute atomic E-state index is 10.6. The Kier molecular flexibility index (Phi) is 7.00. The van der Waals surface area contributed by atoms with Gasteiger partial charge in [0, 0.05) is 20.3 Å². The summed E-state index contributed by atoms with van der Waals surface area (Å²) in [7, 11) is 3.55. The molecule has 0 radical (unpaired) electrons. The van der Waals surface area contributed by atoms with Crippen LogP contribution in [0, 0.1) is 0 Å². The van der Waals surface area contributed by atoms with Gasteiger partial charge in [0.2, 0.25) is 5.95 Å². The Morgan fingerprint density at radius 2 is 2.15 bits per heavy atom. The second-order valence-corrected chi connectivity index (χ2v) is 5.25. The van der Waals surface area contributed by atoms with Crippen LogP contribution in [0.3, 0.4) is 0 Å². The summed E-state index contributed by atoms with van der Waals surface area (Å²) in [4.78, 5) is 28.3. The van der Waals surface area contributed by atoms with Crippen molar-refractivity contribution in [3.8, 4) is 11.5 Å². The number of carbonyl (C=O) groups excluding carboxylic acids is 1. The Bertz CT molecular complexity index is 867. The highest BCUT2D eigenvalue weighted by Crippen LogP contribution is 2.36. The Hall–Kier alpha value is -3.75. The molecule has 0 unspecified atom stereocenters. The van der Waals surface area contributed by atoms with Crippen molar-refractivity contribution in [3.63, 3.8) is 0 Å². The van der Waals surface area contributed by atoms with Crippen LogP contribution in [0.15, 0.2) is 52.2 Å². The quantitative estimate of drug-likeness (QED) is 0.503. The van der Waals surface area contributed by atoms with Gasteiger partial charge in [-0.3, -0.25) is 4.99 Å². The van der Waals surface area contributed by atoms with Crippen LogP contribution in [0.25, 0.3) is 11.5 Å². The highest BCUT2D eigenvalue weighted by atomic mass is 16.3. The van der Waals surface area contributed by atoms with Gasteiger partial charge in [0.25, 0.3) is 0 Å². The van der Waals surface area contributed by atoms with Crippen LogP contribution in [0.2, 0.25) is 0 Å². The van der Waals surface area contributed by atoms with Gasteiger partial charge in [0.1, 0.15) is 23.5 Å². The van der Waals surface area contributed by atoms with Crippen molar-refractivity contribution in [2.75, 3.05) is 36.6 Å². The molecular weight excluding hydrogens is 346 g/mol. The van der Waals surface area contributed by atoms with Gasteiger partial charge < -0.3 is 25.2 Å². The van der Waals surface area contributed by atoms with Crippen molar-refractivity contribution in [2.24, 2.45) is 4.99 Å². The van der Waals surface area contributed by atoms with E-state index in [1.54, 1.807) is 30.3 Å². The third-order valence-electron chi connectivity index (χ3n) is 3.43. The fraction of sp³-hybridized carbons (Fsp3) is 0.167. The van der Waals surface area contributed by atoms with Gasteiger partial charge >= 0.3 is 0 Å². The van der Waals surface area contributed by atoms with Gasteiger partial charge in [0.15, 0.2) is 11.6 Å². The van der Waals surface area contributed by atoms with Crippen LogP contribution in [0.5, 0.6) is 0 Å². The zero-order valence-corrected chi connectivity index (χ0v) is 15.2. The number of hydrogen-bond donors (Lipinski definition) is 2. The maximum atomic E-state index is 10.6. The summed E-state index contributed by atoms with van der Waals surface area (Å²) >= 11 is 0. The molecule has 3 aromatic heterocycles. The first kappa shape index (κ1) is 19.6. The number of nitrogens with two attached hydrogens (primary N) is 1. The predicted octanol–water partition coefficient (Wildman–Crippen LogP) is 2.41. The molecule has 27 heavy (non-hydrogen) atoms. The highest BCUT2D eigenvalue weighted by molar-refractivity contribution is 5.81. The van der Waals surface area contributed by atoms with Crippen LogP contribution >= 0.6 is 0 Å². The van der Waals surface area contributed by atoms with Gasteiger partial charge in [-0.1, -0.05) is 6.07 Å². The number of nitrogens with zero attached hydrogens (tertiary/aromatic N) is 5. The lowest BCUT2D eigenvalue weighted by Gasteiger charge is -2.18. The minimum atomic E-state index is 0.0755. The number of aromatic nitrogens is 3. The molecule has 0 bridgehead atoms. The van der Waals surface area contributed by atoms with Gasteiger partial charge in [-0.05, 0) is 31.0 Å². The van der Waals surface area contributed by atoms with Crippen molar-refractivity contribution in [2.45, 2.75) is 0 Å². The summed E-state index contributed by atoms with van der Waals surface area (Å²) in [5.41, 5.74) is 6.55. The smallest absolute Gasteiger partial charge is 0.222 e. The molecule has 0 aromatic carbocycles. The van der Waals surface area contributed by atoms with E-state index >= 15 is 0 Å². The molecule has 3 heterocycles. The Morgan fingerprint density at radius 1 is 1.33 bits per heavy atom. The Balaban J connectivity index is 0.000000273. The average molecular weight is 367 g/mol. The topological polar surface area (TPSA) is 123 Å². The van der Waals surface area contributed by atoms with E-state index < -0.39 is 0 Å². The second kappa shape index (κ2) is 9.66. The molecule has 0 atom stereocenters. The number of pyridine rings is 1. The molecule has 0 fully saturated rings. The van der Waals surface area contributed by atoms with Crippen LogP contribution in [-0.4, -0.2) is 48.6 Å². The number of rotatable bonds is 6. The number of hydrogen-bond acceptors (Lipinski definition) is 9. The van der Waals surface area contributed by atoms with Crippen LogP contribution in [0.4, 0.5) is 23.3 Å². The fourth-order valence-corrected chi connectivity index (χ4v) is 2.17. The molecule has 0 aliphatic rings. The zero-order chi connectivity index (χ0) is 19.6. The minimum Gasteiger partial charge on any atom is -0.463 e. The molecule has 3 aromatic rings. The maximum Gasteiger partial charge on any atom is 0.222 e. The molecule has 0 aliphatic heterocycles. The SMILES string of the molecule is C=Nc1c(-c2ccco2)nc(N)nc1N(C)CC=O.CNc1ccccn1. The van der Waals surface area contributed by atoms with Crippen molar-refractivity contribution in [3.05, 3.63) is 42.8 Å². The number of anilines is 3. The van der Waals surface area contributed by atoms with Crippen LogP contribution in [0.1, 0.15) is 0 Å². The largest absolute Gasteiger partial charge is 0.463 e. The van der Waals surface area contributed by atoms with Crippen molar-refractivity contribution in [1.82, 2.24) is 15.0 Å². The molecule has 0 saturated heterocycles. The third-order valence-corrected chi connectivity index (χ3v) is 3.43. The molecule has 0 saturated carbocycles. The molecule has 3 rings (SSSR count). The molecule has 9 heteroatoms. The molecular formula is C18H21N7O2. The number of likely N-dealkylation sites (N-methyl/N-ethyl adjacent to an activating group) is 1. The van der Waals surface area contributed by atoms with E-state index in [0.717, 1.165) is 12.1 Å². The predicted molar refractivity (Wildman–Crippen MR) is 106 cm³/mol. The number of carbonyl (C=O) groups is 1. The standard InChI is InChI=1S/C12H13N5O2.C6H8N2/c1-14-10-9(8-4-3-7-19-8)15-12(13)16-11(10)17(2)5-6-18;1-7-6-4-2-3-5-8-6/h3-4,6-7H,1,5H2,2H3,(H2,13,15,16);2-5H,1H3,(H,7,8). The van der Waals surface area contributed by atoms with E-state index in [1.165, 1.54) is 6.26 Å². The molecule has 9 nitrogen and oxygen atoms in total. The Labute approximate surface area is 157 Å². The summed E-state index contributed by atoms with van der Waals surface area (Å²) in [6, 6.07) is 9.22. The molecule has 0 aliphatic carbocycles. The average Bonchev–Trinajstić information content (AvgIpc) is 3.23. The highest BCUT2D eigenvalue weighted by Gasteiger charge is 2.18. The monoisotopic (exact) mass is 367 g/mol. The Morgan fingerprint density at radius 3 is 2.67 bits per heavy atom. The second-order valence-electron chi connectivity index (χ2n) is 5.25. The van der Waals surface area contributed by atoms with Gasteiger partial charge in [-0.2, -0.15) is 4.98 Å². The summed E-state index contributed by atoms with van der Waals surface area (Å²) in [5.74, 6) is 1.93. The molecule has 140 valence electrons. The first-order chi connectivity index (χ1) is 13.1. The summed E-state index contributed by atoms with van der Waals surface area (Å²) < 4.78 is 5.29. The van der Waals surface area contributed by atoms with Crippen LogP contribution in [-0.2, 0) is 4.79 Å².